The van der Waals surface area contributed by atoms with Crippen LogP contribution in [0.3, 0.4) is 0 Å². The number of carbonyl (C=O) groups is 2. The lowest BCUT2D eigenvalue weighted by Gasteiger charge is -2.26. The van der Waals surface area contributed by atoms with Crippen LogP contribution >= 0.6 is 11.6 Å². The quantitative estimate of drug-likeness (QED) is 0.527. The van der Waals surface area contributed by atoms with Crippen LogP contribution in [0.2, 0.25) is 5.02 Å². The molecule has 9 heteroatoms. The molecule has 0 aromatic heterocycles. The van der Waals surface area contributed by atoms with Gasteiger partial charge in [0, 0.05) is 30.1 Å². The largest absolute Gasteiger partial charge is 0.455 e. The lowest BCUT2D eigenvalue weighted by Crippen LogP contribution is -2.48. The molecule has 8 nitrogen and oxygen atoms in total. The third-order valence-electron chi connectivity index (χ3n) is 5.52. The Morgan fingerprint density at radius 2 is 1.81 bits per heavy atom. The van der Waals surface area contributed by atoms with Crippen molar-refractivity contribution in [3.05, 3.63) is 53.1 Å². The smallest absolute Gasteiger partial charge is 0.341 e. The van der Waals surface area contributed by atoms with Gasteiger partial charge in [0.2, 0.25) is 5.91 Å². The first-order valence-corrected chi connectivity index (χ1v) is 11.2. The number of carbonyl (C=O) groups excluding carboxylic acids is 2. The maximum atomic E-state index is 13.0. The molecule has 2 aliphatic rings. The van der Waals surface area contributed by atoms with E-state index < -0.39 is 6.03 Å². The molecule has 4 rings (SSSR count). The highest BCUT2D eigenvalue weighted by atomic mass is 35.5. The highest BCUT2D eigenvalue weighted by Crippen LogP contribution is 2.40. The Kier molecular flexibility index (Phi) is 7.47. The molecule has 3 amide bonds. The minimum Gasteiger partial charge on any atom is -0.455 e. The number of nitrogens with one attached hydrogen (secondary N) is 2. The van der Waals surface area contributed by atoms with E-state index in [4.69, 9.17) is 21.1 Å². The molecule has 0 radical (unpaired) electrons. The Morgan fingerprint density at radius 1 is 1.00 bits per heavy atom. The summed E-state index contributed by atoms with van der Waals surface area (Å²) in [5.74, 6) is 0.970. The average Bonchev–Trinajstić information content (AvgIpc) is 2.97. The van der Waals surface area contributed by atoms with E-state index in [1.54, 1.807) is 18.2 Å². The number of hydrogen-bond acceptors (Lipinski definition) is 5. The highest BCUT2D eigenvalue weighted by molar-refractivity contribution is 6.31. The number of rotatable bonds is 5. The molecule has 0 unspecified atom stereocenters. The zero-order valence-electron chi connectivity index (χ0n) is 17.8. The van der Waals surface area contributed by atoms with Gasteiger partial charge in [0.1, 0.15) is 5.75 Å². The van der Waals surface area contributed by atoms with E-state index in [0.29, 0.717) is 28.6 Å². The predicted molar refractivity (Wildman–Crippen MR) is 122 cm³/mol. The molecule has 0 saturated carbocycles. The molecule has 170 valence electrons. The Bertz CT molecular complexity index is 965. The van der Waals surface area contributed by atoms with Crippen molar-refractivity contribution in [3.8, 4) is 11.5 Å². The first-order valence-electron chi connectivity index (χ1n) is 10.8. The van der Waals surface area contributed by atoms with E-state index in [0.717, 1.165) is 51.3 Å². The van der Waals surface area contributed by atoms with Crippen LogP contribution in [0.25, 0.3) is 0 Å². The number of benzene rings is 2. The number of morpholine rings is 1. The second-order valence-corrected chi connectivity index (χ2v) is 8.23. The van der Waals surface area contributed by atoms with Gasteiger partial charge < -0.3 is 9.47 Å². The Labute approximate surface area is 192 Å². The second kappa shape index (κ2) is 10.7. The van der Waals surface area contributed by atoms with Crippen molar-refractivity contribution in [1.29, 1.82) is 0 Å². The number of ether oxygens (including phenoxy) is 2. The molecule has 1 saturated heterocycles. The van der Waals surface area contributed by atoms with Gasteiger partial charge in [-0.2, -0.15) is 0 Å². The molecule has 2 heterocycles. The van der Waals surface area contributed by atoms with Gasteiger partial charge in [-0.1, -0.05) is 29.8 Å². The number of hydrogen-bond donors (Lipinski definition) is 2. The molecule has 1 fully saturated rings. The summed E-state index contributed by atoms with van der Waals surface area (Å²) in [6.07, 6.45) is 2.02. The van der Waals surface area contributed by atoms with Gasteiger partial charge in [-0.05, 0) is 43.7 Å². The van der Waals surface area contributed by atoms with Crippen LogP contribution in [0, 0.1) is 0 Å². The van der Waals surface area contributed by atoms with Crippen LogP contribution in [0.1, 0.15) is 24.8 Å². The van der Waals surface area contributed by atoms with Gasteiger partial charge in [0.05, 0.1) is 25.4 Å². The first-order chi connectivity index (χ1) is 15.6. The molecule has 32 heavy (non-hydrogen) atoms. The number of unbranched alkanes of at least 4 members (excludes halogenated alkanes) is 1. The average molecular weight is 459 g/mol. The summed E-state index contributed by atoms with van der Waals surface area (Å²) in [5.41, 5.74) is 6.43. The summed E-state index contributed by atoms with van der Waals surface area (Å²) in [6.45, 7) is 4.66. The van der Waals surface area contributed by atoms with Gasteiger partial charge >= 0.3 is 6.03 Å². The molecule has 0 bridgehead atoms. The number of urea groups is 1. The summed E-state index contributed by atoms with van der Waals surface area (Å²) in [4.78, 5) is 29.0. The third-order valence-corrected chi connectivity index (χ3v) is 5.75. The Hall–Kier alpha value is -2.81. The van der Waals surface area contributed by atoms with Crippen molar-refractivity contribution in [2.24, 2.45) is 0 Å². The summed E-state index contributed by atoms with van der Waals surface area (Å²) < 4.78 is 11.3. The molecular weight excluding hydrogens is 432 g/mol. The normalized spacial score (nSPS) is 15.7. The van der Waals surface area contributed by atoms with Crippen molar-refractivity contribution in [2.45, 2.75) is 25.8 Å². The fraction of sp³-hybridized carbons (Fsp3) is 0.391. The standard InChI is InChI=1S/C23H27ClN4O4/c24-18-8-9-21-19(15-18)28(16-17-5-1-2-6-20(17)32-21)23(30)26-25-22(29)7-3-4-10-27-11-13-31-14-12-27/h1-2,5-6,8-9,15H,3-4,7,10-14,16H2,(H,25,29)(H,26,30). The number of halogens is 1. The Balaban J connectivity index is 1.32. The van der Waals surface area contributed by atoms with E-state index in [9.17, 15) is 9.59 Å². The first kappa shape index (κ1) is 22.4. The number of fused-ring (bicyclic) bond motifs is 2. The zero-order valence-corrected chi connectivity index (χ0v) is 18.6. The molecule has 2 aromatic carbocycles. The van der Waals surface area contributed by atoms with E-state index >= 15 is 0 Å². The van der Waals surface area contributed by atoms with Crippen LogP contribution in [-0.2, 0) is 16.1 Å². The summed E-state index contributed by atoms with van der Waals surface area (Å²) >= 11 is 6.17. The van der Waals surface area contributed by atoms with E-state index in [-0.39, 0.29) is 12.5 Å². The number of amides is 3. The molecule has 0 spiro atoms. The predicted octanol–water partition coefficient (Wildman–Crippen LogP) is 3.70. The summed E-state index contributed by atoms with van der Waals surface area (Å²) in [5, 5.41) is 0.486. The van der Waals surface area contributed by atoms with E-state index in [2.05, 4.69) is 15.8 Å². The fourth-order valence-electron chi connectivity index (χ4n) is 3.78. The maximum absolute atomic E-state index is 13.0. The van der Waals surface area contributed by atoms with Gasteiger partial charge in [0.15, 0.2) is 5.75 Å². The number of nitrogens with zero attached hydrogens (tertiary/aromatic N) is 2. The van der Waals surface area contributed by atoms with Gasteiger partial charge in [0.25, 0.3) is 0 Å². The fourth-order valence-corrected chi connectivity index (χ4v) is 3.94. The topological polar surface area (TPSA) is 83.1 Å². The highest BCUT2D eigenvalue weighted by Gasteiger charge is 2.26. The second-order valence-electron chi connectivity index (χ2n) is 7.80. The SMILES string of the molecule is O=C(CCCCN1CCOCC1)NNC(=O)N1Cc2ccccc2Oc2ccc(Cl)cc21. The third kappa shape index (κ3) is 5.70. The van der Waals surface area contributed by atoms with E-state index in [1.807, 2.05) is 24.3 Å². The van der Waals surface area contributed by atoms with Crippen LogP contribution in [0.5, 0.6) is 11.5 Å². The van der Waals surface area contributed by atoms with Crippen molar-refractivity contribution in [2.75, 3.05) is 37.7 Å². The van der Waals surface area contributed by atoms with Crippen molar-refractivity contribution < 1.29 is 19.1 Å². The minimum atomic E-state index is -0.463. The van der Waals surface area contributed by atoms with Gasteiger partial charge in [-0.15, -0.1) is 0 Å². The Morgan fingerprint density at radius 3 is 2.66 bits per heavy atom. The lowest BCUT2D eigenvalue weighted by molar-refractivity contribution is -0.121. The van der Waals surface area contributed by atoms with Crippen LogP contribution in [0.4, 0.5) is 10.5 Å². The molecule has 2 aromatic rings. The van der Waals surface area contributed by atoms with Crippen molar-refractivity contribution >= 4 is 29.2 Å². The molecule has 2 aliphatic heterocycles. The van der Waals surface area contributed by atoms with Crippen LogP contribution < -0.4 is 20.5 Å². The molecule has 2 N–H and O–H groups in total. The van der Waals surface area contributed by atoms with Crippen LogP contribution in [0.15, 0.2) is 42.5 Å². The number of hydrazine groups is 1. The monoisotopic (exact) mass is 458 g/mol. The van der Waals surface area contributed by atoms with Crippen molar-refractivity contribution in [3.63, 3.8) is 0 Å². The lowest BCUT2D eigenvalue weighted by atomic mass is 10.2. The van der Waals surface area contributed by atoms with Crippen molar-refractivity contribution in [1.82, 2.24) is 15.8 Å². The van der Waals surface area contributed by atoms with Gasteiger partial charge in [-0.3, -0.25) is 20.0 Å². The zero-order chi connectivity index (χ0) is 22.3. The number of anilines is 1. The molecule has 0 atom stereocenters. The van der Waals surface area contributed by atoms with Crippen LogP contribution in [-0.4, -0.2) is 49.7 Å². The van der Waals surface area contributed by atoms with E-state index in [1.165, 1.54) is 4.90 Å². The maximum Gasteiger partial charge on any atom is 0.341 e. The van der Waals surface area contributed by atoms with Gasteiger partial charge in [-0.25, -0.2) is 10.2 Å². The molecular formula is C23H27ClN4O4. The number of para-hydroxylation sites is 1. The minimum absolute atomic E-state index is 0.224. The summed E-state index contributed by atoms with van der Waals surface area (Å²) in [6, 6.07) is 12.2. The summed E-state index contributed by atoms with van der Waals surface area (Å²) in [7, 11) is 0. The molecule has 0 aliphatic carbocycles.